The summed E-state index contributed by atoms with van der Waals surface area (Å²) in [6.45, 7) is 3.68. The second-order valence-electron chi connectivity index (χ2n) is 5.52. The van der Waals surface area contributed by atoms with Crippen LogP contribution in [0, 0.1) is 5.92 Å². The van der Waals surface area contributed by atoms with Gasteiger partial charge in [0.2, 0.25) is 5.91 Å². The highest BCUT2D eigenvalue weighted by Crippen LogP contribution is 2.23. The Bertz CT molecular complexity index is 642. The number of carbonyl (C=O) groups is 3. The molecule has 7 heteroatoms. The molecule has 134 valence electrons. The first-order valence-corrected chi connectivity index (χ1v) is 8.04. The number of β-lactam (4-membered cyclic amide) rings is 1. The largest absolute Gasteiger partial charge is 0.508 e. The van der Waals surface area contributed by atoms with E-state index in [0.717, 1.165) is 5.56 Å². The van der Waals surface area contributed by atoms with Crippen LogP contribution in [0.4, 0.5) is 4.79 Å². The molecule has 1 aromatic carbocycles. The van der Waals surface area contributed by atoms with Crippen molar-refractivity contribution in [3.8, 4) is 0 Å². The molecule has 0 unspecified atom stereocenters. The van der Waals surface area contributed by atoms with Crippen LogP contribution < -0.4 is 5.32 Å². The summed E-state index contributed by atoms with van der Waals surface area (Å²) >= 11 is 0. The highest BCUT2D eigenvalue weighted by molar-refractivity contribution is 5.88. The van der Waals surface area contributed by atoms with Gasteiger partial charge in [0.25, 0.3) is 0 Å². The van der Waals surface area contributed by atoms with Gasteiger partial charge in [-0.1, -0.05) is 36.4 Å². The van der Waals surface area contributed by atoms with E-state index < -0.39 is 30.2 Å². The Morgan fingerprint density at radius 1 is 1.24 bits per heavy atom. The molecule has 0 bridgehead atoms. The first-order chi connectivity index (χ1) is 12.0. The van der Waals surface area contributed by atoms with Crippen molar-refractivity contribution >= 4 is 18.0 Å². The molecule has 1 aliphatic heterocycles. The summed E-state index contributed by atoms with van der Waals surface area (Å²) in [5.74, 6) is -1.31. The van der Waals surface area contributed by atoms with Gasteiger partial charge >= 0.3 is 12.1 Å². The number of hydrogen-bond donors (Lipinski definition) is 1. The van der Waals surface area contributed by atoms with E-state index in [1.807, 2.05) is 30.3 Å². The average molecular weight is 347 g/mol. The van der Waals surface area contributed by atoms with Gasteiger partial charge in [0, 0.05) is 6.08 Å². The van der Waals surface area contributed by atoms with Gasteiger partial charge in [-0.2, -0.15) is 0 Å². The third kappa shape index (κ3) is 5.34. The van der Waals surface area contributed by atoms with Gasteiger partial charge in [0.1, 0.15) is 12.7 Å². The SMILES string of the molecule is CCOC(=O)C=C[C@@H]1NC(=O)[C@@H]1[C@@H](C)OC(=O)OCc1ccccc1. The number of ether oxygens (including phenoxy) is 3. The number of hydrogen-bond acceptors (Lipinski definition) is 6. The van der Waals surface area contributed by atoms with Crippen LogP contribution in [0.2, 0.25) is 0 Å². The molecule has 1 aromatic rings. The highest BCUT2D eigenvalue weighted by atomic mass is 16.7. The van der Waals surface area contributed by atoms with E-state index in [1.165, 1.54) is 12.2 Å². The number of esters is 1. The fourth-order valence-electron chi connectivity index (χ4n) is 2.44. The molecule has 25 heavy (non-hydrogen) atoms. The van der Waals surface area contributed by atoms with Gasteiger partial charge in [-0.15, -0.1) is 0 Å². The summed E-state index contributed by atoms with van der Waals surface area (Å²) in [4.78, 5) is 34.8. The lowest BCUT2D eigenvalue weighted by atomic mass is 9.86. The highest BCUT2D eigenvalue weighted by Gasteiger charge is 2.43. The van der Waals surface area contributed by atoms with Crippen molar-refractivity contribution in [1.82, 2.24) is 5.32 Å². The van der Waals surface area contributed by atoms with Crippen LogP contribution in [0.25, 0.3) is 0 Å². The zero-order valence-electron chi connectivity index (χ0n) is 14.1. The van der Waals surface area contributed by atoms with Gasteiger partial charge in [0.15, 0.2) is 0 Å². The molecule has 1 fully saturated rings. The Morgan fingerprint density at radius 3 is 2.60 bits per heavy atom. The molecule has 3 atom stereocenters. The molecule has 1 heterocycles. The van der Waals surface area contributed by atoms with Crippen LogP contribution in [0.1, 0.15) is 19.4 Å². The Morgan fingerprint density at radius 2 is 1.96 bits per heavy atom. The van der Waals surface area contributed by atoms with Crippen molar-refractivity contribution in [3.63, 3.8) is 0 Å². The lowest BCUT2D eigenvalue weighted by molar-refractivity contribution is -0.140. The summed E-state index contributed by atoms with van der Waals surface area (Å²) in [7, 11) is 0. The quantitative estimate of drug-likeness (QED) is 0.461. The molecule has 1 amide bonds. The summed E-state index contributed by atoms with van der Waals surface area (Å²) in [6.07, 6.45) is 1.25. The topological polar surface area (TPSA) is 90.9 Å². The summed E-state index contributed by atoms with van der Waals surface area (Å²) in [5.41, 5.74) is 0.837. The molecular weight excluding hydrogens is 326 g/mol. The minimum Gasteiger partial charge on any atom is -0.463 e. The molecule has 0 radical (unpaired) electrons. The number of nitrogens with one attached hydrogen (secondary N) is 1. The van der Waals surface area contributed by atoms with Gasteiger partial charge in [-0.05, 0) is 19.4 Å². The van der Waals surface area contributed by atoms with E-state index in [1.54, 1.807) is 13.8 Å². The predicted octanol–water partition coefficient (Wildman–Crippen LogP) is 1.96. The molecule has 1 N–H and O–H groups in total. The van der Waals surface area contributed by atoms with Crippen molar-refractivity contribution < 1.29 is 28.6 Å². The maximum atomic E-state index is 11.8. The average Bonchev–Trinajstić information content (AvgIpc) is 2.57. The second-order valence-corrected chi connectivity index (χ2v) is 5.52. The van der Waals surface area contributed by atoms with Crippen LogP contribution in [0.15, 0.2) is 42.5 Å². The maximum absolute atomic E-state index is 11.8. The Hall–Kier alpha value is -2.83. The van der Waals surface area contributed by atoms with Crippen LogP contribution in [0.5, 0.6) is 0 Å². The van der Waals surface area contributed by atoms with Crippen molar-refractivity contribution in [2.45, 2.75) is 32.6 Å². The Kier molecular flexibility index (Phi) is 6.56. The Labute approximate surface area is 145 Å². The van der Waals surface area contributed by atoms with E-state index in [2.05, 4.69) is 5.32 Å². The van der Waals surface area contributed by atoms with Crippen LogP contribution in [-0.4, -0.2) is 36.8 Å². The third-order valence-electron chi connectivity index (χ3n) is 3.71. The zero-order valence-corrected chi connectivity index (χ0v) is 14.1. The number of carbonyl (C=O) groups excluding carboxylic acids is 3. The van der Waals surface area contributed by atoms with Crippen LogP contribution in [0.3, 0.4) is 0 Å². The first kappa shape index (κ1) is 18.5. The maximum Gasteiger partial charge on any atom is 0.508 e. The van der Waals surface area contributed by atoms with E-state index >= 15 is 0 Å². The molecule has 0 saturated carbocycles. The normalized spacial score (nSPS) is 20.3. The van der Waals surface area contributed by atoms with E-state index in [-0.39, 0.29) is 19.1 Å². The molecule has 1 saturated heterocycles. The lowest BCUT2D eigenvalue weighted by Gasteiger charge is -2.37. The number of amides is 1. The smallest absolute Gasteiger partial charge is 0.463 e. The second kappa shape index (κ2) is 8.86. The third-order valence-corrected chi connectivity index (χ3v) is 3.71. The van der Waals surface area contributed by atoms with Gasteiger partial charge in [0.05, 0.1) is 18.6 Å². The van der Waals surface area contributed by atoms with Gasteiger partial charge < -0.3 is 19.5 Å². The molecule has 0 aromatic heterocycles. The molecule has 0 aliphatic carbocycles. The summed E-state index contributed by atoms with van der Waals surface area (Å²) in [5, 5.41) is 2.64. The lowest BCUT2D eigenvalue weighted by Crippen LogP contribution is -2.61. The first-order valence-electron chi connectivity index (χ1n) is 8.04. The van der Waals surface area contributed by atoms with Gasteiger partial charge in [-0.3, -0.25) is 4.79 Å². The standard InChI is InChI=1S/C18H21NO6/c1-3-23-15(20)10-9-14-16(17(21)19-14)12(2)25-18(22)24-11-13-7-5-4-6-8-13/h4-10,12,14,16H,3,11H2,1-2H3,(H,19,21)/t12-,14+,16-/m1/s1. The van der Waals surface area contributed by atoms with E-state index in [4.69, 9.17) is 14.2 Å². The van der Waals surface area contributed by atoms with Gasteiger partial charge in [-0.25, -0.2) is 9.59 Å². The molecule has 0 spiro atoms. The summed E-state index contributed by atoms with van der Waals surface area (Å²) in [6, 6.07) is 8.80. The molecule has 2 rings (SSSR count). The van der Waals surface area contributed by atoms with Crippen LogP contribution >= 0.6 is 0 Å². The zero-order chi connectivity index (χ0) is 18.2. The molecule has 7 nitrogen and oxygen atoms in total. The van der Waals surface area contributed by atoms with Crippen molar-refractivity contribution in [2.75, 3.05) is 6.61 Å². The monoisotopic (exact) mass is 347 g/mol. The molecular formula is C18H21NO6. The number of rotatable bonds is 7. The fourth-order valence-corrected chi connectivity index (χ4v) is 2.44. The van der Waals surface area contributed by atoms with Crippen molar-refractivity contribution in [2.24, 2.45) is 5.92 Å². The van der Waals surface area contributed by atoms with E-state index in [9.17, 15) is 14.4 Å². The molecule has 1 aliphatic rings. The minimum absolute atomic E-state index is 0.0927. The summed E-state index contributed by atoms with van der Waals surface area (Å²) < 4.78 is 15.0. The van der Waals surface area contributed by atoms with Crippen molar-refractivity contribution in [3.05, 3.63) is 48.0 Å². The minimum atomic E-state index is -0.843. The Balaban J connectivity index is 1.81. The fraction of sp³-hybridized carbons (Fsp3) is 0.389. The van der Waals surface area contributed by atoms with Crippen molar-refractivity contribution in [1.29, 1.82) is 0 Å². The van der Waals surface area contributed by atoms with Crippen LogP contribution in [-0.2, 0) is 30.4 Å². The van der Waals surface area contributed by atoms with E-state index in [0.29, 0.717) is 0 Å². The predicted molar refractivity (Wildman–Crippen MR) is 88.4 cm³/mol. The number of benzene rings is 1.